The first-order valence-electron chi connectivity index (χ1n) is 6.17. The summed E-state index contributed by atoms with van der Waals surface area (Å²) in [6, 6.07) is 0. The number of rotatable bonds is 4. The van der Waals surface area contributed by atoms with Gasteiger partial charge in [0.2, 0.25) is 11.1 Å². The van der Waals surface area contributed by atoms with Gasteiger partial charge in [0.15, 0.2) is 0 Å². The Morgan fingerprint density at radius 1 is 1.53 bits per heavy atom. The van der Waals surface area contributed by atoms with E-state index in [2.05, 4.69) is 15.3 Å². The molecule has 2 N–H and O–H groups in total. The van der Waals surface area contributed by atoms with E-state index < -0.39 is 4.92 Å². The van der Waals surface area contributed by atoms with Crippen molar-refractivity contribution in [3.8, 4) is 0 Å². The third-order valence-electron chi connectivity index (χ3n) is 3.34. The highest BCUT2D eigenvalue weighted by Crippen LogP contribution is 2.27. The summed E-state index contributed by atoms with van der Waals surface area (Å²) in [7, 11) is 0. The molecule has 2 atom stereocenters. The maximum absolute atomic E-state index is 10.8. The first-order chi connectivity index (χ1) is 9.08. The van der Waals surface area contributed by atoms with Gasteiger partial charge in [-0.2, -0.15) is 4.98 Å². The average molecular weight is 287 g/mol. The Morgan fingerprint density at radius 3 is 2.95 bits per heavy atom. The lowest BCUT2D eigenvalue weighted by Crippen LogP contribution is -2.30. The molecule has 0 aliphatic heterocycles. The fraction of sp³-hybridized carbons (Fsp3) is 0.636. The van der Waals surface area contributed by atoms with Gasteiger partial charge >= 0.3 is 5.69 Å². The van der Waals surface area contributed by atoms with Crippen LogP contribution in [0.3, 0.4) is 0 Å². The van der Waals surface area contributed by atoms with E-state index in [0.29, 0.717) is 6.54 Å². The van der Waals surface area contributed by atoms with E-state index in [1.54, 1.807) is 0 Å². The molecule has 0 radical (unpaired) electrons. The number of anilines is 1. The standard InChI is InChI=1S/C11H15ClN4O3/c12-11-14-6-8(16(18)19)10(15-11)13-5-7-3-1-2-4-9(7)17/h6-7,9,17H,1-5H2,(H,13,14,15). The van der Waals surface area contributed by atoms with Crippen LogP contribution in [-0.2, 0) is 0 Å². The number of aliphatic hydroxyl groups is 1. The molecule has 0 aromatic carbocycles. The van der Waals surface area contributed by atoms with E-state index in [1.807, 2.05) is 0 Å². The zero-order chi connectivity index (χ0) is 13.8. The Balaban J connectivity index is 2.05. The van der Waals surface area contributed by atoms with Crippen LogP contribution in [0.2, 0.25) is 5.28 Å². The molecule has 2 unspecified atom stereocenters. The van der Waals surface area contributed by atoms with Gasteiger partial charge in [0.05, 0.1) is 11.0 Å². The molecule has 0 bridgehead atoms. The summed E-state index contributed by atoms with van der Waals surface area (Å²) in [6.45, 7) is 0.440. The Morgan fingerprint density at radius 2 is 2.26 bits per heavy atom. The largest absolute Gasteiger partial charge is 0.393 e. The predicted octanol–water partition coefficient (Wildman–Crippen LogP) is 2.00. The molecule has 0 spiro atoms. The number of nitrogens with one attached hydrogen (secondary N) is 1. The maximum atomic E-state index is 10.8. The van der Waals surface area contributed by atoms with Gasteiger partial charge in [-0.3, -0.25) is 10.1 Å². The monoisotopic (exact) mass is 286 g/mol. The fourth-order valence-corrected chi connectivity index (χ4v) is 2.40. The normalized spacial score (nSPS) is 23.1. The van der Waals surface area contributed by atoms with Crippen molar-refractivity contribution < 1.29 is 10.0 Å². The van der Waals surface area contributed by atoms with Crippen molar-refractivity contribution >= 4 is 23.1 Å². The van der Waals surface area contributed by atoms with Crippen LogP contribution in [-0.4, -0.2) is 32.6 Å². The third kappa shape index (κ3) is 3.51. The van der Waals surface area contributed by atoms with Crippen LogP contribution < -0.4 is 5.32 Å². The van der Waals surface area contributed by atoms with Crippen LogP contribution in [0.4, 0.5) is 11.5 Å². The minimum absolute atomic E-state index is 0.0442. The van der Waals surface area contributed by atoms with E-state index in [1.165, 1.54) is 0 Å². The highest BCUT2D eigenvalue weighted by atomic mass is 35.5. The number of nitrogens with zero attached hydrogens (tertiary/aromatic N) is 3. The lowest BCUT2D eigenvalue weighted by Gasteiger charge is -2.27. The van der Waals surface area contributed by atoms with Gasteiger partial charge in [0.25, 0.3) is 0 Å². The molecule has 7 nitrogen and oxygen atoms in total. The summed E-state index contributed by atoms with van der Waals surface area (Å²) in [6.07, 6.45) is 4.49. The van der Waals surface area contributed by atoms with Crippen LogP contribution in [0.5, 0.6) is 0 Å². The predicted molar refractivity (Wildman–Crippen MR) is 70.2 cm³/mol. The van der Waals surface area contributed by atoms with E-state index in [-0.39, 0.29) is 28.8 Å². The topological polar surface area (TPSA) is 101 Å². The Kier molecular flexibility index (Phi) is 4.49. The van der Waals surface area contributed by atoms with Gasteiger partial charge in [0, 0.05) is 12.5 Å². The van der Waals surface area contributed by atoms with Crippen LogP contribution in [0.1, 0.15) is 25.7 Å². The van der Waals surface area contributed by atoms with Gasteiger partial charge in [-0.05, 0) is 24.4 Å². The van der Waals surface area contributed by atoms with Crippen LogP contribution >= 0.6 is 11.6 Å². The first kappa shape index (κ1) is 14.0. The van der Waals surface area contributed by atoms with Gasteiger partial charge in [0.1, 0.15) is 6.20 Å². The summed E-state index contributed by atoms with van der Waals surface area (Å²) in [5, 5.41) is 23.5. The molecule has 1 aliphatic carbocycles. The SMILES string of the molecule is O=[N+]([O-])c1cnc(Cl)nc1NCC1CCCCC1O. The number of aromatic nitrogens is 2. The minimum atomic E-state index is -0.560. The van der Waals surface area contributed by atoms with E-state index >= 15 is 0 Å². The second-order valence-corrected chi connectivity index (χ2v) is 4.96. The third-order valence-corrected chi connectivity index (χ3v) is 3.52. The van der Waals surface area contributed by atoms with Crippen LogP contribution in [0.15, 0.2) is 6.20 Å². The van der Waals surface area contributed by atoms with Crippen molar-refractivity contribution in [2.75, 3.05) is 11.9 Å². The van der Waals surface area contributed by atoms with Crippen molar-refractivity contribution in [2.45, 2.75) is 31.8 Å². The molecule has 2 rings (SSSR count). The molecule has 19 heavy (non-hydrogen) atoms. The maximum Gasteiger partial charge on any atom is 0.329 e. The molecule has 0 saturated heterocycles. The summed E-state index contributed by atoms with van der Waals surface area (Å²) >= 11 is 5.64. The molecule has 104 valence electrons. The molecule has 0 amide bonds. The molecule has 1 fully saturated rings. The van der Waals surface area contributed by atoms with Crippen LogP contribution in [0, 0.1) is 16.0 Å². The first-order valence-corrected chi connectivity index (χ1v) is 6.54. The van der Waals surface area contributed by atoms with Crippen LogP contribution in [0.25, 0.3) is 0 Å². The van der Waals surface area contributed by atoms with Gasteiger partial charge < -0.3 is 10.4 Å². The van der Waals surface area contributed by atoms with E-state index in [4.69, 9.17) is 11.6 Å². The van der Waals surface area contributed by atoms with Crippen molar-refractivity contribution in [1.82, 2.24) is 9.97 Å². The quantitative estimate of drug-likeness (QED) is 0.499. The lowest BCUT2D eigenvalue weighted by molar-refractivity contribution is -0.384. The van der Waals surface area contributed by atoms with E-state index in [9.17, 15) is 15.2 Å². The second kappa shape index (κ2) is 6.12. The van der Waals surface area contributed by atoms with Crippen molar-refractivity contribution in [2.24, 2.45) is 5.92 Å². The number of aliphatic hydroxyl groups excluding tert-OH is 1. The molecular weight excluding hydrogens is 272 g/mol. The molecule has 1 aromatic rings. The average Bonchev–Trinajstić information content (AvgIpc) is 2.37. The van der Waals surface area contributed by atoms with Gasteiger partial charge in [-0.25, -0.2) is 4.98 Å². The van der Waals surface area contributed by atoms with Gasteiger partial charge in [-0.15, -0.1) is 0 Å². The number of hydrogen-bond donors (Lipinski definition) is 2. The van der Waals surface area contributed by atoms with E-state index in [0.717, 1.165) is 31.9 Å². The number of hydrogen-bond acceptors (Lipinski definition) is 6. The lowest BCUT2D eigenvalue weighted by atomic mass is 9.86. The minimum Gasteiger partial charge on any atom is -0.393 e. The summed E-state index contributed by atoms with van der Waals surface area (Å²) in [5.41, 5.74) is -0.213. The van der Waals surface area contributed by atoms with Crippen molar-refractivity contribution in [3.05, 3.63) is 21.6 Å². The number of halogens is 1. The summed E-state index contributed by atoms with van der Waals surface area (Å²) in [4.78, 5) is 17.7. The fourth-order valence-electron chi connectivity index (χ4n) is 2.27. The number of nitro groups is 1. The molecule has 8 heteroatoms. The van der Waals surface area contributed by atoms with Crippen molar-refractivity contribution in [1.29, 1.82) is 0 Å². The molecule has 1 saturated carbocycles. The van der Waals surface area contributed by atoms with Gasteiger partial charge in [-0.1, -0.05) is 12.8 Å². The zero-order valence-corrected chi connectivity index (χ0v) is 11.0. The molecular formula is C11H15ClN4O3. The Hall–Kier alpha value is -1.47. The Bertz CT molecular complexity index is 471. The highest BCUT2D eigenvalue weighted by Gasteiger charge is 2.24. The Labute approximate surface area is 115 Å². The highest BCUT2D eigenvalue weighted by molar-refractivity contribution is 6.28. The zero-order valence-electron chi connectivity index (χ0n) is 10.3. The molecule has 1 aromatic heterocycles. The molecule has 1 heterocycles. The summed E-state index contributed by atoms with van der Waals surface area (Å²) in [5.74, 6) is 0.185. The van der Waals surface area contributed by atoms with Crippen molar-refractivity contribution in [3.63, 3.8) is 0 Å². The smallest absolute Gasteiger partial charge is 0.329 e. The summed E-state index contributed by atoms with van der Waals surface area (Å²) < 4.78 is 0. The second-order valence-electron chi connectivity index (χ2n) is 4.62. The molecule has 1 aliphatic rings.